The molecule has 0 amide bonds. The molecule has 176 valence electrons. The second kappa shape index (κ2) is 9.68. The van der Waals surface area contributed by atoms with E-state index in [9.17, 15) is 4.39 Å². The van der Waals surface area contributed by atoms with Crippen molar-refractivity contribution in [3.8, 4) is 28.4 Å². The lowest BCUT2D eigenvalue weighted by Gasteiger charge is -2.12. The maximum atomic E-state index is 13.9. The zero-order valence-electron chi connectivity index (χ0n) is 19.0. The van der Waals surface area contributed by atoms with Gasteiger partial charge in [0.15, 0.2) is 5.65 Å². The second-order valence-corrected chi connectivity index (χ2v) is 7.66. The van der Waals surface area contributed by atoms with Crippen molar-refractivity contribution in [1.82, 2.24) is 19.7 Å². The molecule has 35 heavy (non-hydrogen) atoms. The van der Waals surface area contributed by atoms with Crippen LogP contribution in [-0.2, 0) is 0 Å². The van der Waals surface area contributed by atoms with Crippen molar-refractivity contribution in [2.75, 3.05) is 31.3 Å². The fourth-order valence-corrected chi connectivity index (χ4v) is 3.78. The normalized spacial score (nSPS) is 10.9. The second-order valence-electron chi connectivity index (χ2n) is 7.66. The first kappa shape index (κ1) is 22.1. The van der Waals surface area contributed by atoms with E-state index in [1.807, 2.05) is 54.6 Å². The van der Waals surface area contributed by atoms with E-state index in [4.69, 9.17) is 20.2 Å². The van der Waals surface area contributed by atoms with Crippen LogP contribution < -0.4 is 20.5 Å². The highest BCUT2D eigenvalue weighted by Crippen LogP contribution is 2.37. The van der Waals surface area contributed by atoms with Gasteiger partial charge in [0.05, 0.1) is 30.4 Å². The number of hydrogen-bond acceptors (Lipinski definition) is 7. The molecule has 2 aromatic heterocycles. The molecule has 0 aliphatic heterocycles. The summed E-state index contributed by atoms with van der Waals surface area (Å²) in [5, 5.41) is 8.30. The topological polar surface area (TPSA) is 100 Å². The number of benzene rings is 3. The summed E-state index contributed by atoms with van der Waals surface area (Å²) in [5.74, 6) is 1.67. The van der Waals surface area contributed by atoms with Crippen molar-refractivity contribution >= 4 is 22.8 Å². The molecule has 0 fully saturated rings. The van der Waals surface area contributed by atoms with Crippen LogP contribution in [0.3, 0.4) is 0 Å². The first-order chi connectivity index (χ1) is 17.1. The summed E-state index contributed by atoms with van der Waals surface area (Å²) in [6.07, 6.45) is 0. The quantitative estimate of drug-likeness (QED) is 0.317. The molecule has 5 rings (SSSR count). The van der Waals surface area contributed by atoms with E-state index in [0.717, 1.165) is 11.3 Å². The molecule has 5 aromatic rings. The molecular weight excluding hydrogens is 447 g/mol. The number of hydrogen-bond donors (Lipinski definition) is 2. The van der Waals surface area contributed by atoms with Crippen LogP contribution in [0.1, 0.15) is 0 Å². The van der Waals surface area contributed by atoms with Crippen molar-refractivity contribution in [3.63, 3.8) is 0 Å². The number of rotatable bonds is 8. The number of fused-ring (bicyclic) bond motifs is 1. The van der Waals surface area contributed by atoms with E-state index in [0.29, 0.717) is 53.1 Å². The average molecular weight is 471 g/mol. The SMILES string of the molecule is COc1ccccc1-c1nc(NCCOc2ccccc2)nc2nn(-c3cccc(F)c3)c(N)c12. The molecule has 0 atom stereocenters. The van der Waals surface area contributed by atoms with Gasteiger partial charge in [0.1, 0.15) is 29.7 Å². The highest BCUT2D eigenvalue weighted by molar-refractivity contribution is 6.00. The van der Waals surface area contributed by atoms with Crippen molar-refractivity contribution in [2.24, 2.45) is 0 Å². The van der Waals surface area contributed by atoms with Crippen LogP contribution >= 0.6 is 0 Å². The van der Waals surface area contributed by atoms with Crippen LogP contribution in [0.4, 0.5) is 16.2 Å². The number of aromatic nitrogens is 4. The predicted molar refractivity (Wildman–Crippen MR) is 133 cm³/mol. The van der Waals surface area contributed by atoms with Gasteiger partial charge in [-0.15, -0.1) is 5.10 Å². The fourth-order valence-electron chi connectivity index (χ4n) is 3.78. The van der Waals surface area contributed by atoms with Gasteiger partial charge in [-0.2, -0.15) is 4.98 Å². The summed E-state index contributed by atoms with van der Waals surface area (Å²) in [5.41, 5.74) is 8.64. The number of nitrogens with two attached hydrogens (primary N) is 1. The molecule has 3 aromatic carbocycles. The summed E-state index contributed by atoms with van der Waals surface area (Å²) in [4.78, 5) is 9.31. The molecular formula is C26H23FN6O2. The minimum Gasteiger partial charge on any atom is -0.496 e. The van der Waals surface area contributed by atoms with Crippen LogP contribution in [0.2, 0.25) is 0 Å². The molecule has 0 saturated heterocycles. The van der Waals surface area contributed by atoms with Crippen molar-refractivity contribution in [2.45, 2.75) is 0 Å². The van der Waals surface area contributed by atoms with E-state index < -0.39 is 5.82 Å². The third-order valence-corrected chi connectivity index (χ3v) is 5.38. The van der Waals surface area contributed by atoms with Crippen molar-refractivity contribution < 1.29 is 13.9 Å². The lowest BCUT2D eigenvalue weighted by Crippen LogP contribution is -2.13. The van der Waals surface area contributed by atoms with Crippen LogP contribution in [0.5, 0.6) is 11.5 Å². The van der Waals surface area contributed by atoms with E-state index >= 15 is 0 Å². The Balaban J connectivity index is 1.55. The monoisotopic (exact) mass is 470 g/mol. The van der Waals surface area contributed by atoms with Gasteiger partial charge in [0, 0.05) is 5.56 Å². The van der Waals surface area contributed by atoms with Crippen LogP contribution in [0.15, 0.2) is 78.9 Å². The number of methoxy groups -OCH3 is 1. The minimum atomic E-state index is -0.390. The fraction of sp³-hybridized carbons (Fsp3) is 0.115. The van der Waals surface area contributed by atoms with Gasteiger partial charge >= 0.3 is 0 Å². The highest BCUT2D eigenvalue weighted by Gasteiger charge is 2.21. The molecule has 0 aliphatic carbocycles. The van der Waals surface area contributed by atoms with Gasteiger partial charge in [-0.3, -0.25) is 0 Å². The van der Waals surface area contributed by atoms with E-state index in [2.05, 4.69) is 15.4 Å². The minimum absolute atomic E-state index is 0.297. The number of anilines is 2. The molecule has 9 heteroatoms. The number of para-hydroxylation sites is 2. The Morgan fingerprint density at radius 3 is 2.57 bits per heavy atom. The Hall–Kier alpha value is -4.66. The van der Waals surface area contributed by atoms with Gasteiger partial charge < -0.3 is 20.5 Å². The Morgan fingerprint density at radius 2 is 1.77 bits per heavy atom. The first-order valence-corrected chi connectivity index (χ1v) is 11.0. The summed E-state index contributed by atoms with van der Waals surface area (Å²) in [6, 6.07) is 23.1. The molecule has 2 heterocycles. The Bertz CT molecular complexity index is 1470. The van der Waals surface area contributed by atoms with Gasteiger partial charge in [0.25, 0.3) is 0 Å². The van der Waals surface area contributed by atoms with Gasteiger partial charge in [-0.05, 0) is 42.5 Å². The van der Waals surface area contributed by atoms with Gasteiger partial charge in [-0.25, -0.2) is 14.1 Å². The summed E-state index contributed by atoms with van der Waals surface area (Å²) < 4.78 is 26.7. The largest absolute Gasteiger partial charge is 0.496 e. The third-order valence-electron chi connectivity index (χ3n) is 5.38. The maximum Gasteiger partial charge on any atom is 0.225 e. The maximum absolute atomic E-state index is 13.9. The number of nitrogens with one attached hydrogen (secondary N) is 1. The number of nitrogen functional groups attached to an aromatic ring is 1. The molecule has 0 unspecified atom stereocenters. The molecule has 0 spiro atoms. The summed E-state index contributed by atoms with van der Waals surface area (Å²) >= 11 is 0. The van der Waals surface area contributed by atoms with E-state index in [1.54, 1.807) is 19.2 Å². The molecule has 0 saturated carbocycles. The van der Waals surface area contributed by atoms with Crippen LogP contribution in [0.25, 0.3) is 28.0 Å². The number of ether oxygens (including phenoxy) is 2. The Labute approximate surface area is 201 Å². The molecule has 8 nitrogen and oxygen atoms in total. The zero-order valence-corrected chi connectivity index (χ0v) is 19.0. The summed E-state index contributed by atoms with van der Waals surface area (Å²) in [6.45, 7) is 0.876. The molecule has 0 radical (unpaired) electrons. The third kappa shape index (κ3) is 4.56. The average Bonchev–Trinajstić information content (AvgIpc) is 3.23. The molecule has 3 N–H and O–H groups in total. The van der Waals surface area contributed by atoms with Crippen molar-refractivity contribution in [3.05, 3.63) is 84.7 Å². The lowest BCUT2D eigenvalue weighted by atomic mass is 10.1. The Kier molecular flexibility index (Phi) is 6.13. The Morgan fingerprint density at radius 1 is 0.971 bits per heavy atom. The number of halogens is 1. The molecule has 0 bridgehead atoms. The molecule has 0 aliphatic rings. The standard InChI is InChI=1S/C26H23FN6O2/c1-34-21-13-6-5-12-20(21)23-22-24(28)33(18-9-7-8-17(27)16-18)32-25(22)31-26(30-23)29-14-15-35-19-10-3-2-4-11-19/h2-13,16H,14-15,28H2,1H3,(H,29,31,32). The van der Waals surface area contributed by atoms with Gasteiger partial charge in [-0.1, -0.05) is 36.4 Å². The van der Waals surface area contributed by atoms with E-state index in [1.165, 1.54) is 16.8 Å². The van der Waals surface area contributed by atoms with Crippen LogP contribution in [0, 0.1) is 5.82 Å². The summed E-state index contributed by atoms with van der Waals surface area (Å²) in [7, 11) is 1.59. The lowest BCUT2D eigenvalue weighted by molar-refractivity contribution is 0.332. The smallest absolute Gasteiger partial charge is 0.225 e. The van der Waals surface area contributed by atoms with Crippen molar-refractivity contribution in [1.29, 1.82) is 0 Å². The zero-order chi connectivity index (χ0) is 24.2. The predicted octanol–water partition coefficient (Wildman–Crippen LogP) is 4.70. The highest BCUT2D eigenvalue weighted by atomic mass is 19.1. The van der Waals surface area contributed by atoms with E-state index in [-0.39, 0.29) is 0 Å². The first-order valence-electron chi connectivity index (χ1n) is 11.0. The van der Waals surface area contributed by atoms with Crippen LogP contribution in [-0.4, -0.2) is 40.0 Å². The number of nitrogens with zero attached hydrogens (tertiary/aromatic N) is 4. The van der Waals surface area contributed by atoms with Gasteiger partial charge in [0.2, 0.25) is 5.95 Å².